The number of hydrogen-bond acceptors (Lipinski definition) is 4. The SMILES string of the molecule is COCN(C(=O)N(C)OC)c1ccc(OC(F)(F)F)cc1. The molecule has 1 rings (SSSR count). The maximum Gasteiger partial charge on any atom is 0.573 e. The summed E-state index contributed by atoms with van der Waals surface area (Å²) < 4.78 is 44.9. The van der Waals surface area contributed by atoms with Gasteiger partial charge in [-0.25, -0.2) is 9.86 Å². The van der Waals surface area contributed by atoms with E-state index in [0.717, 1.165) is 17.2 Å². The molecule has 0 aliphatic carbocycles. The third-order valence-corrected chi connectivity index (χ3v) is 2.41. The van der Waals surface area contributed by atoms with Crippen molar-refractivity contribution in [2.24, 2.45) is 0 Å². The largest absolute Gasteiger partial charge is 0.573 e. The van der Waals surface area contributed by atoms with Crippen LogP contribution in [-0.2, 0) is 9.57 Å². The number of alkyl halides is 3. The number of anilines is 1. The van der Waals surface area contributed by atoms with Crippen molar-refractivity contribution in [1.82, 2.24) is 5.06 Å². The summed E-state index contributed by atoms with van der Waals surface area (Å²) in [5, 5.41) is 0.957. The Kier molecular flexibility index (Phi) is 5.79. The fourth-order valence-corrected chi connectivity index (χ4v) is 1.45. The number of urea groups is 1. The van der Waals surface area contributed by atoms with Gasteiger partial charge in [0.2, 0.25) is 0 Å². The maximum absolute atomic E-state index is 12.1. The molecule has 0 spiro atoms. The number of rotatable bonds is 5. The standard InChI is InChI=1S/C12H15F3N2O4/c1-16(20-3)11(18)17(8-19-2)9-4-6-10(7-5-9)21-12(13,14)15/h4-7H,8H2,1-3H3. The van der Waals surface area contributed by atoms with Crippen LogP contribution in [0.25, 0.3) is 0 Å². The molecule has 0 aliphatic rings. The Morgan fingerprint density at radius 1 is 1.19 bits per heavy atom. The monoisotopic (exact) mass is 308 g/mol. The second-order valence-electron chi connectivity index (χ2n) is 3.85. The minimum Gasteiger partial charge on any atom is -0.406 e. The van der Waals surface area contributed by atoms with Crippen LogP contribution in [0.15, 0.2) is 24.3 Å². The van der Waals surface area contributed by atoms with E-state index in [-0.39, 0.29) is 12.5 Å². The predicted molar refractivity (Wildman–Crippen MR) is 67.6 cm³/mol. The Balaban J connectivity index is 2.92. The minimum atomic E-state index is -4.76. The molecule has 0 N–H and O–H groups in total. The van der Waals surface area contributed by atoms with Crippen LogP contribution in [0.4, 0.5) is 23.7 Å². The first-order chi connectivity index (χ1) is 9.78. The van der Waals surface area contributed by atoms with Crippen molar-refractivity contribution in [2.75, 3.05) is 32.9 Å². The Labute approximate surface area is 119 Å². The van der Waals surface area contributed by atoms with Crippen LogP contribution >= 0.6 is 0 Å². The van der Waals surface area contributed by atoms with Gasteiger partial charge in [0.15, 0.2) is 0 Å². The Hall–Kier alpha value is -2.00. The third-order valence-electron chi connectivity index (χ3n) is 2.41. The number of benzene rings is 1. The Morgan fingerprint density at radius 2 is 1.76 bits per heavy atom. The van der Waals surface area contributed by atoms with Crippen molar-refractivity contribution < 1.29 is 32.3 Å². The summed E-state index contributed by atoms with van der Waals surface area (Å²) in [6.45, 7) is -0.0913. The second-order valence-corrected chi connectivity index (χ2v) is 3.85. The summed E-state index contributed by atoms with van der Waals surface area (Å²) in [5.74, 6) is -0.379. The molecule has 0 bridgehead atoms. The van der Waals surface area contributed by atoms with Gasteiger partial charge in [0, 0.05) is 19.8 Å². The average molecular weight is 308 g/mol. The average Bonchev–Trinajstić information content (AvgIpc) is 2.42. The number of methoxy groups -OCH3 is 1. The fourth-order valence-electron chi connectivity index (χ4n) is 1.45. The quantitative estimate of drug-likeness (QED) is 0.620. The lowest BCUT2D eigenvalue weighted by Crippen LogP contribution is -2.41. The van der Waals surface area contributed by atoms with E-state index in [1.807, 2.05) is 0 Å². The van der Waals surface area contributed by atoms with E-state index in [4.69, 9.17) is 9.57 Å². The van der Waals surface area contributed by atoms with Gasteiger partial charge in [-0.05, 0) is 24.3 Å². The zero-order valence-corrected chi connectivity index (χ0v) is 11.7. The second kappa shape index (κ2) is 7.14. The van der Waals surface area contributed by atoms with E-state index < -0.39 is 12.4 Å². The zero-order chi connectivity index (χ0) is 16.0. The highest BCUT2D eigenvalue weighted by atomic mass is 19.4. The zero-order valence-electron chi connectivity index (χ0n) is 11.7. The smallest absolute Gasteiger partial charge is 0.406 e. The van der Waals surface area contributed by atoms with Crippen molar-refractivity contribution in [3.63, 3.8) is 0 Å². The highest BCUT2D eigenvalue weighted by Gasteiger charge is 2.31. The van der Waals surface area contributed by atoms with Crippen molar-refractivity contribution in [1.29, 1.82) is 0 Å². The molecule has 0 radical (unpaired) electrons. The number of nitrogens with zero attached hydrogens (tertiary/aromatic N) is 2. The predicted octanol–water partition coefficient (Wildman–Crippen LogP) is 2.61. The topological polar surface area (TPSA) is 51.2 Å². The van der Waals surface area contributed by atoms with E-state index in [9.17, 15) is 18.0 Å². The number of ether oxygens (including phenoxy) is 2. The molecule has 9 heteroatoms. The molecule has 0 saturated carbocycles. The van der Waals surface area contributed by atoms with E-state index in [1.54, 1.807) is 0 Å². The molecule has 0 atom stereocenters. The number of hydroxylamine groups is 2. The normalized spacial score (nSPS) is 11.1. The van der Waals surface area contributed by atoms with Gasteiger partial charge in [0.1, 0.15) is 12.5 Å². The van der Waals surface area contributed by atoms with Crippen molar-refractivity contribution >= 4 is 11.7 Å². The molecule has 1 aromatic carbocycles. The van der Waals surface area contributed by atoms with E-state index in [0.29, 0.717) is 5.69 Å². The van der Waals surface area contributed by atoms with Crippen molar-refractivity contribution in [3.8, 4) is 5.75 Å². The van der Waals surface area contributed by atoms with Gasteiger partial charge in [-0.3, -0.25) is 9.74 Å². The van der Waals surface area contributed by atoms with E-state index in [1.165, 1.54) is 38.3 Å². The van der Waals surface area contributed by atoms with Gasteiger partial charge in [-0.1, -0.05) is 0 Å². The molecule has 0 heterocycles. The number of carbonyl (C=O) groups excluding carboxylic acids is 1. The summed E-state index contributed by atoms with van der Waals surface area (Å²) in [6, 6.07) is 4.28. The number of carbonyl (C=O) groups is 1. The van der Waals surface area contributed by atoms with Crippen LogP contribution in [0.3, 0.4) is 0 Å². The van der Waals surface area contributed by atoms with Gasteiger partial charge in [0.05, 0.1) is 7.11 Å². The molecule has 1 aromatic rings. The van der Waals surface area contributed by atoms with Gasteiger partial charge in [0.25, 0.3) is 0 Å². The highest BCUT2D eigenvalue weighted by Crippen LogP contribution is 2.25. The van der Waals surface area contributed by atoms with E-state index in [2.05, 4.69) is 4.74 Å². The Morgan fingerprint density at radius 3 is 2.19 bits per heavy atom. The molecular formula is C12H15F3N2O4. The summed E-state index contributed by atoms with van der Waals surface area (Å²) >= 11 is 0. The molecule has 0 aliphatic heterocycles. The molecule has 0 saturated heterocycles. The molecule has 2 amide bonds. The lowest BCUT2D eigenvalue weighted by Gasteiger charge is -2.26. The van der Waals surface area contributed by atoms with Crippen LogP contribution in [0, 0.1) is 0 Å². The minimum absolute atomic E-state index is 0.0913. The summed E-state index contributed by atoms with van der Waals surface area (Å²) in [5.41, 5.74) is 0.334. The van der Waals surface area contributed by atoms with Crippen molar-refractivity contribution in [2.45, 2.75) is 6.36 Å². The number of hydrogen-bond donors (Lipinski definition) is 0. The summed E-state index contributed by atoms with van der Waals surface area (Å²) in [4.78, 5) is 18.0. The van der Waals surface area contributed by atoms with Gasteiger partial charge in [-0.15, -0.1) is 13.2 Å². The van der Waals surface area contributed by atoms with Gasteiger partial charge >= 0.3 is 12.4 Å². The lowest BCUT2D eigenvalue weighted by molar-refractivity contribution is -0.274. The maximum atomic E-state index is 12.1. The van der Waals surface area contributed by atoms with Crippen LogP contribution in [-0.4, -0.2) is 45.5 Å². The summed E-state index contributed by atoms with van der Waals surface area (Å²) in [7, 11) is 4.09. The van der Waals surface area contributed by atoms with Crippen LogP contribution in [0.1, 0.15) is 0 Å². The first kappa shape index (κ1) is 17.1. The number of amides is 2. The van der Waals surface area contributed by atoms with Crippen LogP contribution in [0.5, 0.6) is 5.75 Å². The highest BCUT2D eigenvalue weighted by molar-refractivity contribution is 5.91. The Bertz CT molecular complexity index is 465. The molecule has 21 heavy (non-hydrogen) atoms. The molecule has 118 valence electrons. The van der Waals surface area contributed by atoms with E-state index >= 15 is 0 Å². The molecular weight excluding hydrogens is 293 g/mol. The molecule has 0 unspecified atom stereocenters. The van der Waals surface area contributed by atoms with Crippen LogP contribution < -0.4 is 9.64 Å². The van der Waals surface area contributed by atoms with Gasteiger partial charge in [-0.2, -0.15) is 0 Å². The lowest BCUT2D eigenvalue weighted by atomic mass is 10.3. The van der Waals surface area contributed by atoms with Crippen LogP contribution in [0.2, 0.25) is 0 Å². The van der Waals surface area contributed by atoms with Crippen molar-refractivity contribution in [3.05, 3.63) is 24.3 Å². The molecule has 0 fully saturated rings. The third kappa shape index (κ3) is 5.12. The fraction of sp³-hybridized carbons (Fsp3) is 0.417. The first-order valence-electron chi connectivity index (χ1n) is 5.72. The van der Waals surface area contributed by atoms with Gasteiger partial charge < -0.3 is 9.47 Å². The molecule has 6 nitrogen and oxygen atoms in total. The summed E-state index contributed by atoms with van der Waals surface area (Å²) in [6.07, 6.45) is -4.76. The number of halogens is 3. The molecule has 0 aromatic heterocycles. The first-order valence-corrected chi connectivity index (χ1v) is 5.72.